The summed E-state index contributed by atoms with van der Waals surface area (Å²) in [5.74, 6) is 2.27. The number of hydrogen-bond acceptors (Lipinski definition) is 8. The van der Waals surface area contributed by atoms with E-state index in [2.05, 4.69) is 37.5 Å². The van der Waals surface area contributed by atoms with Crippen LogP contribution in [0.1, 0.15) is 69.1 Å². The van der Waals surface area contributed by atoms with E-state index < -0.39 is 0 Å². The predicted octanol–water partition coefficient (Wildman–Crippen LogP) is 3.75. The van der Waals surface area contributed by atoms with Gasteiger partial charge in [-0.15, -0.1) is 5.10 Å². The Morgan fingerprint density at radius 3 is 2.69 bits per heavy atom. The normalized spacial score (nSPS) is 17.8. The maximum Gasteiger partial charge on any atom is 0.226 e. The zero-order valence-corrected chi connectivity index (χ0v) is 19.0. The molecule has 0 aliphatic heterocycles. The van der Waals surface area contributed by atoms with E-state index in [4.69, 9.17) is 9.72 Å². The summed E-state index contributed by atoms with van der Waals surface area (Å²) in [7, 11) is 1.88. The second kappa shape index (κ2) is 8.44. The number of ether oxygens (including phenoxy) is 1. The van der Waals surface area contributed by atoms with Gasteiger partial charge in [0, 0.05) is 12.5 Å². The van der Waals surface area contributed by atoms with Crippen LogP contribution in [0.3, 0.4) is 0 Å². The molecule has 1 N–H and O–H groups in total. The van der Waals surface area contributed by atoms with Gasteiger partial charge < -0.3 is 10.1 Å². The summed E-state index contributed by atoms with van der Waals surface area (Å²) in [6.45, 7) is 4.66. The number of rotatable bonds is 7. The van der Waals surface area contributed by atoms with Crippen LogP contribution in [0.15, 0.2) is 18.5 Å². The molecule has 0 bridgehead atoms. The molecule has 0 unspecified atom stereocenters. The van der Waals surface area contributed by atoms with E-state index in [0.29, 0.717) is 18.6 Å². The molecule has 5 rings (SSSR count). The van der Waals surface area contributed by atoms with Crippen molar-refractivity contribution in [3.63, 3.8) is 0 Å². The molecule has 2 aliphatic rings. The number of anilines is 1. The summed E-state index contributed by atoms with van der Waals surface area (Å²) in [6.07, 6.45) is 10.2. The number of pyridine rings is 1. The Kier molecular flexibility index (Phi) is 5.48. The van der Waals surface area contributed by atoms with Crippen LogP contribution in [0, 0.1) is 6.92 Å². The van der Waals surface area contributed by atoms with Crippen molar-refractivity contribution in [2.24, 2.45) is 7.05 Å². The number of aryl methyl sites for hydroxylation is 2. The first-order valence-electron chi connectivity index (χ1n) is 11.5. The third-order valence-electron chi connectivity index (χ3n) is 6.59. The van der Waals surface area contributed by atoms with Gasteiger partial charge in [0.1, 0.15) is 23.6 Å². The lowest BCUT2D eigenvalue weighted by atomic mass is 9.98. The topological polar surface area (TPSA) is 104 Å². The molecule has 3 aromatic heterocycles. The number of nitrogens with zero attached hydrogens (tertiary/aromatic N) is 7. The monoisotopic (exact) mass is 434 g/mol. The molecule has 32 heavy (non-hydrogen) atoms. The molecule has 9 heteroatoms. The maximum absolute atomic E-state index is 6.22. The van der Waals surface area contributed by atoms with E-state index in [0.717, 1.165) is 60.0 Å². The molecule has 2 saturated carbocycles. The van der Waals surface area contributed by atoms with Gasteiger partial charge in [0.05, 0.1) is 29.7 Å². The Morgan fingerprint density at radius 2 is 1.94 bits per heavy atom. The SMILES string of the molecule is Cc1nc(-c2nnn(C)c2CNc2ncnc(C3(C)CC3)n2)ccc1OC1CCCCC1. The first kappa shape index (κ1) is 20.8. The van der Waals surface area contributed by atoms with Crippen LogP contribution in [0.2, 0.25) is 0 Å². The molecule has 0 amide bonds. The van der Waals surface area contributed by atoms with Crippen LogP contribution >= 0.6 is 0 Å². The van der Waals surface area contributed by atoms with Gasteiger partial charge in [0.2, 0.25) is 5.95 Å². The molecule has 9 nitrogen and oxygen atoms in total. The smallest absolute Gasteiger partial charge is 0.226 e. The van der Waals surface area contributed by atoms with Crippen molar-refractivity contribution in [1.29, 1.82) is 0 Å². The molecule has 0 saturated heterocycles. The second-order valence-electron chi connectivity index (χ2n) is 9.21. The van der Waals surface area contributed by atoms with Gasteiger partial charge in [-0.3, -0.25) is 0 Å². The Balaban J connectivity index is 1.32. The Labute approximate surface area is 188 Å². The number of aromatic nitrogens is 7. The van der Waals surface area contributed by atoms with E-state index >= 15 is 0 Å². The van der Waals surface area contributed by atoms with Gasteiger partial charge in [-0.25, -0.2) is 19.6 Å². The fraction of sp³-hybridized carbons (Fsp3) is 0.565. The minimum atomic E-state index is 0.0987. The van der Waals surface area contributed by atoms with Crippen LogP contribution in [0.25, 0.3) is 11.4 Å². The van der Waals surface area contributed by atoms with Crippen molar-refractivity contribution in [3.8, 4) is 17.1 Å². The van der Waals surface area contributed by atoms with E-state index in [-0.39, 0.29) is 5.41 Å². The summed E-state index contributed by atoms with van der Waals surface area (Å²) in [5, 5.41) is 11.9. The number of hydrogen-bond donors (Lipinski definition) is 1. The number of nitrogens with one attached hydrogen (secondary N) is 1. The highest BCUT2D eigenvalue weighted by Crippen LogP contribution is 2.45. The highest BCUT2D eigenvalue weighted by molar-refractivity contribution is 5.58. The lowest BCUT2D eigenvalue weighted by Crippen LogP contribution is -2.20. The third kappa shape index (κ3) is 4.28. The predicted molar refractivity (Wildman–Crippen MR) is 120 cm³/mol. The lowest BCUT2D eigenvalue weighted by molar-refractivity contribution is 0.153. The largest absolute Gasteiger partial charge is 0.489 e. The average molecular weight is 435 g/mol. The van der Waals surface area contributed by atoms with E-state index in [1.165, 1.54) is 19.3 Å². The van der Waals surface area contributed by atoms with Crippen LogP contribution in [-0.4, -0.2) is 41.0 Å². The third-order valence-corrected chi connectivity index (χ3v) is 6.59. The molecular weight excluding hydrogens is 404 g/mol. The first-order chi connectivity index (χ1) is 15.5. The zero-order chi connectivity index (χ0) is 22.1. The van der Waals surface area contributed by atoms with Gasteiger partial charge in [0.15, 0.2) is 0 Å². The minimum Gasteiger partial charge on any atom is -0.489 e. The molecule has 168 valence electrons. The molecule has 2 aliphatic carbocycles. The quantitative estimate of drug-likeness (QED) is 0.600. The highest BCUT2D eigenvalue weighted by Gasteiger charge is 2.42. The molecule has 0 radical (unpaired) electrons. The fourth-order valence-corrected chi connectivity index (χ4v) is 4.19. The van der Waals surface area contributed by atoms with Crippen molar-refractivity contribution in [3.05, 3.63) is 35.7 Å². The van der Waals surface area contributed by atoms with Gasteiger partial charge in [0.25, 0.3) is 0 Å². The van der Waals surface area contributed by atoms with Crippen molar-refractivity contribution >= 4 is 5.95 Å². The van der Waals surface area contributed by atoms with E-state index in [9.17, 15) is 0 Å². The van der Waals surface area contributed by atoms with Crippen molar-refractivity contribution in [2.75, 3.05) is 5.32 Å². The Morgan fingerprint density at radius 1 is 1.12 bits per heavy atom. The van der Waals surface area contributed by atoms with Crippen LogP contribution in [-0.2, 0) is 19.0 Å². The van der Waals surface area contributed by atoms with Gasteiger partial charge in [-0.2, -0.15) is 4.98 Å². The molecule has 2 fully saturated rings. The summed E-state index contributed by atoms with van der Waals surface area (Å²) in [6, 6.07) is 3.97. The van der Waals surface area contributed by atoms with Crippen molar-refractivity contribution < 1.29 is 4.74 Å². The Bertz CT molecular complexity index is 1100. The first-order valence-corrected chi connectivity index (χ1v) is 11.5. The van der Waals surface area contributed by atoms with Crippen molar-refractivity contribution in [1.82, 2.24) is 34.9 Å². The fourth-order valence-electron chi connectivity index (χ4n) is 4.19. The average Bonchev–Trinajstić information content (AvgIpc) is 3.46. The van der Waals surface area contributed by atoms with E-state index in [1.54, 1.807) is 11.0 Å². The summed E-state index contributed by atoms with van der Waals surface area (Å²) in [4.78, 5) is 18.0. The highest BCUT2D eigenvalue weighted by atomic mass is 16.5. The standard InChI is InChI=1S/C23H30N8O/c1-15-19(32-16-7-5-4-6-8-16)10-9-17(27-15)20-18(31(3)30-29-20)13-24-22-26-14-25-21(28-22)23(2)11-12-23/h9-10,14,16H,4-8,11-13H2,1-3H3,(H,24,25,26,28). The summed E-state index contributed by atoms with van der Waals surface area (Å²) >= 11 is 0. The zero-order valence-electron chi connectivity index (χ0n) is 19.0. The lowest BCUT2D eigenvalue weighted by Gasteiger charge is -2.23. The minimum absolute atomic E-state index is 0.0987. The Hall–Kier alpha value is -3.10. The van der Waals surface area contributed by atoms with E-state index in [1.807, 2.05) is 26.1 Å². The molecule has 0 atom stereocenters. The molecule has 3 heterocycles. The summed E-state index contributed by atoms with van der Waals surface area (Å²) < 4.78 is 7.98. The molecule has 0 spiro atoms. The van der Waals surface area contributed by atoms with Gasteiger partial charge in [-0.1, -0.05) is 18.6 Å². The molecular formula is C23H30N8O. The van der Waals surface area contributed by atoms with Gasteiger partial charge in [-0.05, 0) is 57.6 Å². The summed E-state index contributed by atoms with van der Waals surface area (Å²) in [5.41, 5.74) is 3.41. The van der Waals surface area contributed by atoms with Gasteiger partial charge >= 0.3 is 0 Å². The molecule has 0 aromatic carbocycles. The van der Waals surface area contributed by atoms with Crippen LogP contribution < -0.4 is 10.1 Å². The molecule has 3 aromatic rings. The maximum atomic E-state index is 6.22. The second-order valence-corrected chi connectivity index (χ2v) is 9.21. The van der Waals surface area contributed by atoms with Crippen LogP contribution in [0.5, 0.6) is 5.75 Å². The van der Waals surface area contributed by atoms with Crippen molar-refractivity contribution in [2.45, 2.75) is 76.9 Å². The van der Waals surface area contributed by atoms with Crippen LogP contribution in [0.4, 0.5) is 5.95 Å².